The summed E-state index contributed by atoms with van der Waals surface area (Å²) >= 11 is 0. The zero-order chi connectivity index (χ0) is 30.7. The largest absolute Gasteiger partial charge is 0.465 e. The van der Waals surface area contributed by atoms with Crippen molar-refractivity contribution in [1.82, 2.24) is 0 Å². The van der Waals surface area contributed by atoms with Gasteiger partial charge in [0.25, 0.3) is 0 Å². The van der Waals surface area contributed by atoms with E-state index in [-0.39, 0.29) is 11.9 Å². The molecule has 1 aliphatic rings. The van der Waals surface area contributed by atoms with Gasteiger partial charge < -0.3 is 9.47 Å². The Morgan fingerprint density at radius 3 is 1.05 bits per heavy atom. The van der Waals surface area contributed by atoms with Crippen LogP contribution in [0, 0.1) is 17.3 Å². The van der Waals surface area contributed by atoms with Gasteiger partial charge in [-0.15, -0.1) is 0 Å². The highest BCUT2D eigenvalue weighted by molar-refractivity contribution is 6.00. The van der Waals surface area contributed by atoms with Gasteiger partial charge in [-0.05, 0) is 37.5 Å². The van der Waals surface area contributed by atoms with Crippen molar-refractivity contribution in [2.75, 3.05) is 13.2 Å². The average molecular weight is 593 g/mol. The smallest absolute Gasteiger partial charge is 0.323 e. The lowest BCUT2D eigenvalue weighted by atomic mass is 9.74. The fourth-order valence-corrected chi connectivity index (χ4v) is 6.39. The van der Waals surface area contributed by atoms with Gasteiger partial charge in [0.1, 0.15) is 0 Å². The van der Waals surface area contributed by atoms with Gasteiger partial charge in [0.15, 0.2) is 5.41 Å². The van der Waals surface area contributed by atoms with Crippen LogP contribution in [0.2, 0.25) is 0 Å². The van der Waals surface area contributed by atoms with Crippen LogP contribution in [-0.2, 0) is 19.1 Å². The Morgan fingerprint density at radius 1 is 0.452 bits per heavy atom. The first-order valence-corrected chi connectivity index (χ1v) is 18.7. The molecule has 248 valence electrons. The molecule has 0 aromatic carbocycles. The van der Waals surface area contributed by atoms with Crippen molar-refractivity contribution in [3.05, 3.63) is 0 Å². The van der Waals surface area contributed by atoms with Gasteiger partial charge in [0.2, 0.25) is 0 Å². The Labute approximate surface area is 262 Å². The minimum absolute atomic E-state index is 0.325. The number of carbonyl (C=O) groups is 2. The maximum atomic E-state index is 13.1. The second-order valence-corrected chi connectivity index (χ2v) is 14.4. The molecule has 0 heterocycles. The van der Waals surface area contributed by atoms with Crippen molar-refractivity contribution in [2.45, 2.75) is 201 Å². The third-order valence-corrected chi connectivity index (χ3v) is 9.31. The standard InChI is InChI=1S/C38H72O4/c1-34(2)28-22-17-13-9-5-7-11-15-19-26-32-41-36(39)38(30-24-21-25-31-38)37(40)42-33-27-20-16-12-8-6-10-14-18-23-29-35(3)4/h34-35H,5-33H2,1-4H3. The van der Waals surface area contributed by atoms with E-state index in [9.17, 15) is 9.59 Å². The highest BCUT2D eigenvalue weighted by Crippen LogP contribution is 2.39. The second-order valence-electron chi connectivity index (χ2n) is 14.4. The summed E-state index contributed by atoms with van der Waals surface area (Å²) in [5, 5.41) is 0. The molecule has 0 bridgehead atoms. The molecule has 0 radical (unpaired) electrons. The van der Waals surface area contributed by atoms with Crippen LogP contribution >= 0.6 is 0 Å². The van der Waals surface area contributed by atoms with Gasteiger partial charge in [-0.3, -0.25) is 9.59 Å². The van der Waals surface area contributed by atoms with Crippen molar-refractivity contribution in [1.29, 1.82) is 0 Å². The molecule has 1 fully saturated rings. The Hall–Kier alpha value is -1.06. The molecule has 0 aliphatic heterocycles. The summed E-state index contributed by atoms with van der Waals surface area (Å²) in [6.07, 6.45) is 32.1. The molecule has 4 nitrogen and oxygen atoms in total. The van der Waals surface area contributed by atoms with Crippen LogP contribution in [0.1, 0.15) is 201 Å². The molecule has 0 aromatic heterocycles. The second kappa shape index (κ2) is 26.4. The van der Waals surface area contributed by atoms with Gasteiger partial charge in [-0.2, -0.15) is 0 Å². The van der Waals surface area contributed by atoms with Gasteiger partial charge in [0, 0.05) is 0 Å². The maximum Gasteiger partial charge on any atom is 0.323 e. The normalized spacial score (nSPS) is 14.9. The molecule has 0 spiro atoms. The van der Waals surface area contributed by atoms with Crippen molar-refractivity contribution in [2.24, 2.45) is 17.3 Å². The zero-order valence-corrected chi connectivity index (χ0v) is 28.8. The molecule has 1 aliphatic carbocycles. The first-order chi connectivity index (χ1) is 20.4. The zero-order valence-electron chi connectivity index (χ0n) is 28.8. The number of hydrogen-bond donors (Lipinski definition) is 0. The van der Waals surface area contributed by atoms with Gasteiger partial charge in [-0.25, -0.2) is 0 Å². The van der Waals surface area contributed by atoms with Crippen LogP contribution in [0.5, 0.6) is 0 Å². The monoisotopic (exact) mass is 593 g/mol. The van der Waals surface area contributed by atoms with Crippen LogP contribution in [0.15, 0.2) is 0 Å². The van der Waals surface area contributed by atoms with E-state index in [4.69, 9.17) is 9.47 Å². The van der Waals surface area contributed by atoms with Crippen LogP contribution in [0.25, 0.3) is 0 Å². The maximum absolute atomic E-state index is 13.1. The number of rotatable bonds is 28. The van der Waals surface area contributed by atoms with Gasteiger partial charge in [-0.1, -0.05) is 175 Å². The van der Waals surface area contributed by atoms with E-state index >= 15 is 0 Å². The number of hydrogen-bond acceptors (Lipinski definition) is 4. The third kappa shape index (κ3) is 20.0. The molecule has 0 aromatic rings. The van der Waals surface area contributed by atoms with E-state index in [1.54, 1.807) is 0 Å². The van der Waals surface area contributed by atoms with Crippen LogP contribution in [-0.4, -0.2) is 25.2 Å². The minimum atomic E-state index is -1.05. The predicted molar refractivity (Wildman–Crippen MR) is 179 cm³/mol. The van der Waals surface area contributed by atoms with Crippen LogP contribution in [0.3, 0.4) is 0 Å². The molecule has 0 unspecified atom stereocenters. The summed E-state index contributed by atoms with van der Waals surface area (Å²) < 4.78 is 11.4. The number of unbranched alkanes of at least 4 members (excludes halogenated alkanes) is 18. The van der Waals surface area contributed by atoms with E-state index in [0.717, 1.165) is 56.8 Å². The van der Waals surface area contributed by atoms with Crippen molar-refractivity contribution in [3.8, 4) is 0 Å². The average Bonchev–Trinajstić information content (AvgIpc) is 2.97. The van der Waals surface area contributed by atoms with Crippen LogP contribution < -0.4 is 0 Å². The highest BCUT2D eigenvalue weighted by atomic mass is 16.6. The molecular weight excluding hydrogens is 520 g/mol. The minimum Gasteiger partial charge on any atom is -0.465 e. The molecule has 1 saturated carbocycles. The molecule has 0 atom stereocenters. The highest BCUT2D eigenvalue weighted by Gasteiger charge is 2.49. The van der Waals surface area contributed by atoms with Gasteiger partial charge >= 0.3 is 11.9 Å². The van der Waals surface area contributed by atoms with E-state index < -0.39 is 5.41 Å². The van der Waals surface area contributed by atoms with Crippen molar-refractivity contribution >= 4 is 11.9 Å². The first-order valence-electron chi connectivity index (χ1n) is 18.7. The van der Waals surface area contributed by atoms with E-state index in [1.165, 1.54) is 116 Å². The molecule has 0 N–H and O–H groups in total. The molecule has 0 saturated heterocycles. The summed E-state index contributed by atoms with van der Waals surface area (Å²) in [6.45, 7) is 10.1. The number of ether oxygens (including phenoxy) is 2. The van der Waals surface area contributed by atoms with Gasteiger partial charge in [0.05, 0.1) is 13.2 Å². The summed E-state index contributed by atoms with van der Waals surface area (Å²) in [5.41, 5.74) is -1.05. The predicted octanol–water partition coefficient (Wildman–Crippen LogP) is 11.9. The lowest BCUT2D eigenvalue weighted by Gasteiger charge is -2.32. The topological polar surface area (TPSA) is 52.6 Å². The number of esters is 2. The van der Waals surface area contributed by atoms with Crippen molar-refractivity contribution < 1.29 is 19.1 Å². The summed E-state index contributed by atoms with van der Waals surface area (Å²) in [4.78, 5) is 26.2. The summed E-state index contributed by atoms with van der Waals surface area (Å²) in [5.74, 6) is 1.03. The third-order valence-electron chi connectivity index (χ3n) is 9.31. The van der Waals surface area contributed by atoms with Crippen LogP contribution in [0.4, 0.5) is 0 Å². The van der Waals surface area contributed by atoms with E-state index in [2.05, 4.69) is 27.7 Å². The molecular formula is C38H72O4. The molecule has 1 rings (SSSR count). The molecule has 4 heteroatoms. The molecule has 0 amide bonds. The quantitative estimate of drug-likeness (QED) is 0.0515. The lowest BCUT2D eigenvalue weighted by molar-refractivity contribution is -0.175. The Kier molecular flexibility index (Phi) is 24.4. The Morgan fingerprint density at radius 2 is 0.738 bits per heavy atom. The SMILES string of the molecule is CC(C)CCCCCCCCCCCCOC(=O)C1(C(=O)OCCCCCCCCCCCCC(C)C)CCCCC1. The fourth-order valence-electron chi connectivity index (χ4n) is 6.39. The lowest BCUT2D eigenvalue weighted by Crippen LogP contribution is -2.43. The summed E-state index contributed by atoms with van der Waals surface area (Å²) in [6, 6.07) is 0. The number of carbonyl (C=O) groups excluding carboxylic acids is 2. The fraction of sp³-hybridized carbons (Fsp3) is 0.947. The summed E-state index contributed by atoms with van der Waals surface area (Å²) in [7, 11) is 0. The van der Waals surface area contributed by atoms with Crippen molar-refractivity contribution in [3.63, 3.8) is 0 Å². The first kappa shape index (κ1) is 39.0. The molecule has 42 heavy (non-hydrogen) atoms. The Bertz CT molecular complexity index is 587. The van der Waals surface area contributed by atoms with E-state index in [1.807, 2.05) is 0 Å². The Balaban J connectivity index is 2.09. The van der Waals surface area contributed by atoms with E-state index in [0.29, 0.717) is 26.1 Å².